The van der Waals surface area contributed by atoms with Crippen molar-refractivity contribution in [2.24, 2.45) is 11.8 Å². The molecule has 0 radical (unpaired) electrons. The van der Waals surface area contributed by atoms with Gasteiger partial charge in [-0.25, -0.2) is 0 Å². The van der Waals surface area contributed by atoms with E-state index in [4.69, 9.17) is 14.2 Å². The number of rotatable bonds is 4. The zero-order valence-electron chi connectivity index (χ0n) is 20.2. The normalized spacial score (nSPS) is 36.9. The van der Waals surface area contributed by atoms with Crippen LogP contribution in [0.25, 0.3) is 22.7 Å². The molecule has 4 aliphatic rings. The number of aromatic nitrogens is 1. The van der Waals surface area contributed by atoms with Gasteiger partial charge in [-0.15, -0.1) is 0 Å². The second kappa shape index (κ2) is 9.12. The summed E-state index contributed by atoms with van der Waals surface area (Å²) < 4.78 is 16.9. The van der Waals surface area contributed by atoms with Crippen LogP contribution in [0.15, 0.2) is 30.0 Å². The van der Waals surface area contributed by atoms with Crippen molar-refractivity contribution in [3.63, 3.8) is 0 Å². The summed E-state index contributed by atoms with van der Waals surface area (Å²) in [5, 5.41) is 54.5. The number of nitrogens with one attached hydrogen (secondary N) is 2. The van der Waals surface area contributed by atoms with Crippen molar-refractivity contribution >= 4 is 28.6 Å². The topological polar surface area (TPSA) is 169 Å². The Balaban J connectivity index is 1.35. The van der Waals surface area contributed by atoms with Gasteiger partial charge in [-0.05, 0) is 31.2 Å². The van der Waals surface area contributed by atoms with Gasteiger partial charge in [0, 0.05) is 34.0 Å². The summed E-state index contributed by atoms with van der Waals surface area (Å²) in [6.45, 7) is 2.93. The molecule has 37 heavy (non-hydrogen) atoms. The number of aliphatic carboxylic acids is 1. The molecule has 0 spiro atoms. The number of carbonyl (C=O) groups is 1. The van der Waals surface area contributed by atoms with Crippen LogP contribution in [0.1, 0.15) is 13.3 Å². The average Bonchev–Trinajstić information content (AvgIpc) is 3.26. The molecule has 5 heterocycles. The predicted octanol–water partition coefficient (Wildman–Crippen LogP) is -4.18. The van der Waals surface area contributed by atoms with Crippen LogP contribution in [0.5, 0.6) is 5.75 Å². The first-order valence-electron chi connectivity index (χ1n) is 12.5. The fourth-order valence-electron chi connectivity index (χ4n) is 6.19. The van der Waals surface area contributed by atoms with E-state index in [-0.39, 0.29) is 23.5 Å². The van der Waals surface area contributed by atoms with Crippen molar-refractivity contribution in [1.82, 2.24) is 4.98 Å². The fourth-order valence-corrected chi connectivity index (χ4v) is 6.19. The third kappa shape index (κ3) is 3.94. The first-order valence-corrected chi connectivity index (χ1v) is 12.5. The molecule has 9 atom stereocenters. The highest BCUT2D eigenvalue weighted by Gasteiger charge is 2.46. The molecular weight excluding hydrogens is 484 g/mol. The zero-order valence-corrected chi connectivity index (χ0v) is 20.2. The molecule has 9 unspecified atom stereocenters. The van der Waals surface area contributed by atoms with Crippen LogP contribution in [0, 0.1) is 11.8 Å². The van der Waals surface area contributed by atoms with E-state index in [0.717, 1.165) is 40.3 Å². The lowest BCUT2D eigenvalue weighted by Crippen LogP contribution is -3.13. The second-order valence-corrected chi connectivity index (χ2v) is 10.3. The van der Waals surface area contributed by atoms with Crippen molar-refractivity contribution in [3.05, 3.63) is 40.6 Å². The van der Waals surface area contributed by atoms with Crippen LogP contribution in [-0.2, 0) is 14.3 Å². The number of ether oxygens (including phenoxy) is 3. The lowest BCUT2D eigenvalue weighted by molar-refractivity contribution is -0.830. The van der Waals surface area contributed by atoms with Crippen molar-refractivity contribution < 1.29 is 49.4 Å². The highest BCUT2D eigenvalue weighted by atomic mass is 16.7. The third-order valence-electron chi connectivity index (χ3n) is 8.26. The van der Waals surface area contributed by atoms with Gasteiger partial charge in [0.05, 0.1) is 31.3 Å². The number of hydrogen-bond acceptors (Lipinski definition) is 9. The molecule has 1 aromatic carbocycles. The summed E-state index contributed by atoms with van der Waals surface area (Å²) in [6, 6.07) is 5.35. The van der Waals surface area contributed by atoms with Gasteiger partial charge in [0.2, 0.25) is 6.29 Å². The molecular formula is C26H30N2O9. The molecule has 0 amide bonds. The molecule has 4 aliphatic heterocycles. The Morgan fingerprint density at radius 1 is 1.24 bits per heavy atom. The Labute approximate surface area is 211 Å². The highest BCUT2D eigenvalue weighted by molar-refractivity contribution is 5.86. The Kier molecular flexibility index (Phi) is 6.02. The number of hydrogen-bond donors (Lipinski definition) is 6. The Hall–Kier alpha value is -2.93. The molecule has 0 aliphatic carbocycles. The highest BCUT2D eigenvalue weighted by Crippen LogP contribution is 2.36. The summed E-state index contributed by atoms with van der Waals surface area (Å²) in [7, 11) is 0. The maximum absolute atomic E-state index is 11.8. The molecule has 11 heteroatoms. The minimum absolute atomic E-state index is 0.0756. The van der Waals surface area contributed by atoms with E-state index in [9.17, 15) is 30.3 Å². The van der Waals surface area contributed by atoms with Crippen LogP contribution in [0.3, 0.4) is 0 Å². The standard InChI is InChI=1S/C26H30N2O9/c1-11-16-8-28-5-4-13-15-6-12(36-26-24(32)23(31)22(30)20(9-29)37-26)2-3-18(15)27-21(13)19(28)7-14(16)17(10-35-11)25(33)34/h2-4,6,10-11,14,16,20,22-24,26-27,29-32H,5,7-9H2,1H3,(H,33,34). The summed E-state index contributed by atoms with van der Waals surface area (Å²) in [6.07, 6.45) is -2.83. The van der Waals surface area contributed by atoms with Gasteiger partial charge in [-0.1, -0.05) is 0 Å². The van der Waals surface area contributed by atoms with Gasteiger partial charge >= 0.3 is 0 Å². The number of carboxylic acid groups (broad SMARTS) is 1. The summed E-state index contributed by atoms with van der Waals surface area (Å²) >= 11 is 0. The van der Waals surface area contributed by atoms with Gasteiger partial charge in [-0.3, -0.25) is 0 Å². The van der Waals surface area contributed by atoms with Crippen LogP contribution in [0.4, 0.5) is 0 Å². The SMILES string of the molecule is CC1OC=C(C(=O)[O-])C2CC3=c4[nH]c5ccc(OC6OC(CO)C(O)C(O)C6O)cc5c4=CC[NH+]3CC12. The predicted molar refractivity (Wildman–Crippen MR) is 126 cm³/mol. The molecule has 0 bridgehead atoms. The summed E-state index contributed by atoms with van der Waals surface area (Å²) in [4.78, 5) is 16.6. The smallest absolute Gasteiger partial charge is 0.229 e. The lowest BCUT2D eigenvalue weighted by atomic mass is 9.75. The van der Waals surface area contributed by atoms with Gasteiger partial charge in [0.25, 0.3) is 0 Å². The van der Waals surface area contributed by atoms with Gasteiger partial charge in [-0.2, -0.15) is 0 Å². The van der Waals surface area contributed by atoms with Gasteiger partial charge in [0.1, 0.15) is 53.9 Å². The monoisotopic (exact) mass is 514 g/mol. The molecule has 2 saturated heterocycles. The maximum Gasteiger partial charge on any atom is 0.229 e. The van der Waals surface area contributed by atoms with Crippen molar-refractivity contribution in [3.8, 4) is 5.75 Å². The van der Waals surface area contributed by atoms with E-state index in [2.05, 4.69) is 11.1 Å². The van der Waals surface area contributed by atoms with Crippen molar-refractivity contribution in [1.29, 1.82) is 0 Å². The number of H-pyrrole nitrogens is 1. The van der Waals surface area contributed by atoms with Crippen LogP contribution in [0.2, 0.25) is 0 Å². The number of carbonyl (C=O) groups excluding carboxylic acids is 1. The van der Waals surface area contributed by atoms with Crippen LogP contribution < -0.4 is 25.3 Å². The number of aliphatic hydroxyl groups is 4. The van der Waals surface area contributed by atoms with Crippen LogP contribution in [-0.4, -0.2) is 87.9 Å². The maximum atomic E-state index is 11.8. The molecule has 6 N–H and O–H groups in total. The third-order valence-corrected chi connectivity index (χ3v) is 8.26. The first kappa shape index (κ1) is 24.4. The van der Waals surface area contributed by atoms with E-state index >= 15 is 0 Å². The molecule has 1 aromatic heterocycles. The number of piperidine rings is 1. The minimum Gasteiger partial charge on any atom is -0.545 e. The second-order valence-electron chi connectivity index (χ2n) is 10.3. The Morgan fingerprint density at radius 2 is 2.05 bits per heavy atom. The van der Waals surface area contributed by atoms with E-state index in [1.807, 2.05) is 19.1 Å². The largest absolute Gasteiger partial charge is 0.545 e. The van der Waals surface area contributed by atoms with E-state index in [1.54, 1.807) is 6.07 Å². The lowest BCUT2D eigenvalue weighted by Gasteiger charge is -2.43. The van der Waals surface area contributed by atoms with Crippen molar-refractivity contribution in [2.45, 2.75) is 50.2 Å². The number of aliphatic hydroxyl groups excluding tert-OH is 4. The Morgan fingerprint density at radius 3 is 2.81 bits per heavy atom. The fraction of sp³-hybridized carbons (Fsp3) is 0.500. The van der Waals surface area contributed by atoms with E-state index in [0.29, 0.717) is 12.2 Å². The van der Waals surface area contributed by atoms with E-state index < -0.39 is 43.3 Å². The molecule has 2 fully saturated rings. The van der Waals surface area contributed by atoms with Crippen molar-refractivity contribution in [2.75, 3.05) is 19.7 Å². The van der Waals surface area contributed by atoms with E-state index in [1.165, 1.54) is 11.2 Å². The summed E-state index contributed by atoms with van der Waals surface area (Å²) in [5.41, 5.74) is 2.19. The molecule has 198 valence electrons. The zero-order chi connectivity index (χ0) is 26.0. The molecule has 6 rings (SSSR count). The quantitative estimate of drug-likeness (QED) is 0.237. The minimum atomic E-state index is -1.53. The number of benzene rings is 1. The molecule has 2 aromatic rings. The number of aromatic amines is 1. The summed E-state index contributed by atoms with van der Waals surface area (Å²) in [5.74, 6) is -0.916. The number of quaternary nitrogens is 1. The van der Waals surface area contributed by atoms with Gasteiger partial charge < -0.3 is 54.4 Å². The average molecular weight is 515 g/mol. The van der Waals surface area contributed by atoms with Crippen LogP contribution >= 0.6 is 0 Å². The molecule has 0 saturated carbocycles. The number of fused-ring (bicyclic) bond motifs is 5. The Bertz CT molecular complexity index is 1380. The van der Waals surface area contributed by atoms with Gasteiger partial charge in [0.15, 0.2) is 0 Å². The number of carboxylic acids is 1. The molecule has 11 nitrogen and oxygen atoms in total. The first-order chi connectivity index (χ1) is 17.8.